The number of piperidine rings is 1. The van der Waals surface area contributed by atoms with Gasteiger partial charge in [0.1, 0.15) is 10.8 Å². The molecular formula is C46H60ClN7O7S. The second-order valence-corrected chi connectivity index (χ2v) is 18.9. The van der Waals surface area contributed by atoms with Crippen LogP contribution in [0.5, 0.6) is 5.75 Å². The maximum absolute atomic E-state index is 13.4. The van der Waals surface area contributed by atoms with Gasteiger partial charge in [-0.25, -0.2) is 13.4 Å². The van der Waals surface area contributed by atoms with Gasteiger partial charge in [-0.2, -0.15) is 0 Å². The summed E-state index contributed by atoms with van der Waals surface area (Å²) in [5.74, 6) is 0.206. The Labute approximate surface area is 371 Å². The molecule has 0 spiro atoms. The molecular weight excluding hydrogens is 830 g/mol. The lowest BCUT2D eigenvalue weighted by molar-refractivity contribution is -0.126. The van der Waals surface area contributed by atoms with E-state index in [0.717, 1.165) is 60.6 Å². The minimum atomic E-state index is -3.65. The largest absolute Gasteiger partial charge is 0.489 e. The summed E-state index contributed by atoms with van der Waals surface area (Å²) in [5.41, 5.74) is 5.03. The Bertz CT molecular complexity index is 2250. The average molecular weight is 891 g/mol. The molecule has 3 aromatic carbocycles. The first-order chi connectivity index (χ1) is 29.5. The van der Waals surface area contributed by atoms with Crippen molar-refractivity contribution in [3.63, 3.8) is 0 Å². The van der Waals surface area contributed by atoms with Crippen LogP contribution in [-0.4, -0.2) is 99.0 Å². The lowest BCUT2D eigenvalue weighted by atomic mass is 9.86. The van der Waals surface area contributed by atoms with E-state index in [9.17, 15) is 27.6 Å². The highest BCUT2D eigenvalue weighted by atomic mass is 35.5. The highest BCUT2D eigenvalue weighted by molar-refractivity contribution is 7.92. The first kappa shape index (κ1) is 49.3. The van der Waals surface area contributed by atoms with Crippen LogP contribution >= 0.6 is 11.6 Å². The number of benzene rings is 3. The Hall–Kier alpha value is -5.38. The van der Waals surface area contributed by atoms with Gasteiger partial charge in [-0.3, -0.25) is 34.4 Å². The zero-order valence-corrected chi connectivity index (χ0v) is 38.3. The van der Waals surface area contributed by atoms with Gasteiger partial charge in [-0.05, 0) is 160 Å². The van der Waals surface area contributed by atoms with E-state index in [4.69, 9.17) is 21.3 Å². The number of nitrogens with one attached hydrogen (secondary N) is 3. The molecule has 0 saturated carbocycles. The number of sulfone groups is 1. The number of hydrogen-bond acceptors (Lipinski definition) is 11. The average Bonchev–Trinajstić information content (AvgIpc) is 3.23. The fraction of sp³-hybridized carbons (Fsp3) is 0.435. The summed E-state index contributed by atoms with van der Waals surface area (Å²) in [7, 11) is -3.65. The maximum atomic E-state index is 13.4. The number of imide groups is 2. The first-order valence-corrected chi connectivity index (χ1v) is 22.8. The van der Waals surface area contributed by atoms with Gasteiger partial charge in [0.15, 0.2) is 15.7 Å². The van der Waals surface area contributed by atoms with Crippen LogP contribution in [0.3, 0.4) is 0 Å². The van der Waals surface area contributed by atoms with Crippen LogP contribution in [0.4, 0.5) is 17.1 Å². The van der Waals surface area contributed by atoms with E-state index >= 15 is 0 Å². The quantitative estimate of drug-likeness (QED) is 0.0412. The van der Waals surface area contributed by atoms with E-state index in [0.29, 0.717) is 42.3 Å². The van der Waals surface area contributed by atoms with Gasteiger partial charge in [0, 0.05) is 36.5 Å². The minimum absolute atomic E-state index is 0.00382. The highest BCUT2D eigenvalue weighted by Gasteiger charge is 2.27. The van der Waals surface area contributed by atoms with Crippen LogP contribution in [0.15, 0.2) is 80.7 Å². The highest BCUT2D eigenvalue weighted by Crippen LogP contribution is 2.38. The van der Waals surface area contributed by atoms with E-state index < -0.39 is 32.9 Å². The number of halogens is 1. The number of ether oxygens (including phenoxy) is 1. The number of carbonyl (C=O) groups excluding carboxylic acids is 4. The molecule has 16 heteroatoms. The molecule has 1 fully saturated rings. The minimum Gasteiger partial charge on any atom is -0.489 e. The summed E-state index contributed by atoms with van der Waals surface area (Å²) in [4.78, 5) is 59.8. The van der Waals surface area contributed by atoms with E-state index in [1.807, 2.05) is 39.0 Å². The summed E-state index contributed by atoms with van der Waals surface area (Å²) in [6, 6.07) is 15.6. The molecule has 1 aliphatic heterocycles. The van der Waals surface area contributed by atoms with Gasteiger partial charge in [-0.1, -0.05) is 29.8 Å². The summed E-state index contributed by atoms with van der Waals surface area (Å²) in [5, 5.41) is 8.31. The molecule has 334 valence electrons. The van der Waals surface area contributed by atoms with Gasteiger partial charge in [-0.15, -0.1) is 0 Å². The molecule has 0 aromatic heterocycles. The molecule has 0 aliphatic carbocycles. The third-order valence-electron chi connectivity index (χ3n) is 10.7. The molecule has 3 N–H and O–H groups in total. The number of amides is 4. The Kier molecular flexibility index (Phi) is 18.4. The summed E-state index contributed by atoms with van der Waals surface area (Å²) >= 11 is 6.68. The molecule has 0 radical (unpaired) electrons. The SMILES string of the molecule is C=N/C=C(/Cl)C(=Nc1ccccc1S(=O)(=O)C(C)C)Nc1cc(C)c(C2CCN(CCCNc3ccc(C)c(C(=O)N(C=O)C(C)CCC(=O)NC=O)c3)CC2)cc1OC(C)C. The normalized spacial score (nSPS) is 14.6. The number of amidine groups is 1. The lowest BCUT2D eigenvalue weighted by Gasteiger charge is -2.33. The monoisotopic (exact) mass is 889 g/mol. The van der Waals surface area contributed by atoms with Gasteiger partial charge in [0.2, 0.25) is 18.7 Å². The van der Waals surface area contributed by atoms with E-state index in [1.54, 1.807) is 45.0 Å². The molecule has 1 heterocycles. The van der Waals surface area contributed by atoms with Gasteiger partial charge < -0.3 is 20.3 Å². The number of para-hydroxylation sites is 1. The number of anilines is 2. The third kappa shape index (κ3) is 13.3. The molecule has 4 amide bonds. The van der Waals surface area contributed by atoms with Crippen molar-refractivity contribution in [1.29, 1.82) is 0 Å². The van der Waals surface area contributed by atoms with Crippen molar-refractivity contribution in [3.05, 3.63) is 88.1 Å². The van der Waals surface area contributed by atoms with Crippen LogP contribution in [0.2, 0.25) is 0 Å². The first-order valence-electron chi connectivity index (χ1n) is 20.9. The Morgan fingerprint density at radius 3 is 2.37 bits per heavy atom. The van der Waals surface area contributed by atoms with Gasteiger partial charge in [0.05, 0.1) is 27.6 Å². The van der Waals surface area contributed by atoms with Gasteiger partial charge >= 0.3 is 0 Å². The fourth-order valence-corrected chi connectivity index (χ4v) is 8.58. The summed E-state index contributed by atoms with van der Waals surface area (Å²) < 4.78 is 32.8. The molecule has 0 bridgehead atoms. The lowest BCUT2D eigenvalue weighted by Crippen LogP contribution is -2.38. The number of hydrogen-bond donors (Lipinski definition) is 3. The molecule has 62 heavy (non-hydrogen) atoms. The molecule has 1 unspecified atom stereocenters. The second kappa shape index (κ2) is 23.2. The number of carbonyl (C=O) groups is 4. The molecule has 3 aromatic rings. The number of aliphatic imine (C=N–C) groups is 2. The smallest absolute Gasteiger partial charge is 0.260 e. The number of aryl methyl sites for hydroxylation is 2. The van der Waals surface area contributed by atoms with Crippen molar-refractivity contribution in [3.8, 4) is 5.75 Å². The molecule has 14 nitrogen and oxygen atoms in total. The molecule has 1 atom stereocenters. The number of rotatable bonds is 21. The van der Waals surface area contributed by atoms with E-state index in [1.165, 1.54) is 17.8 Å². The van der Waals surface area contributed by atoms with E-state index in [2.05, 4.69) is 45.6 Å². The maximum Gasteiger partial charge on any atom is 0.260 e. The zero-order valence-electron chi connectivity index (χ0n) is 36.7. The van der Waals surface area contributed by atoms with Crippen molar-refractivity contribution >= 4 is 75.7 Å². The second-order valence-electron chi connectivity index (χ2n) is 16.0. The molecule has 4 rings (SSSR count). The Morgan fingerprint density at radius 1 is 1.02 bits per heavy atom. The van der Waals surface area contributed by atoms with Crippen LogP contribution < -0.4 is 20.7 Å². The van der Waals surface area contributed by atoms with Crippen molar-refractivity contribution in [2.24, 2.45) is 9.98 Å². The predicted molar refractivity (Wildman–Crippen MR) is 248 cm³/mol. The topological polar surface area (TPSA) is 179 Å². The third-order valence-corrected chi connectivity index (χ3v) is 13.2. The number of likely N-dealkylation sites (tertiary alicyclic amines) is 1. The fourth-order valence-electron chi connectivity index (χ4n) is 7.24. The van der Waals surface area contributed by atoms with Crippen molar-refractivity contribution in [2.45, 2.75) is 109 Å². The van der Waals surface area contributed by atoms with E-state index in [-0.39, 0.29) is 40.4 Å². The van der Waals surface area contributed by atoms with Gasteiger partial charge in [0.25, 0.3) is 5.91 Å². The van der Waals surface area contributed by atoms with Crippen LogP contribution in [0.1, 0.15) is 99.7 Å². The molecule has 1 saturated heterocycles. The standard InChI is InChI=1S/C46H60ClN7O7S/c1-30(2)61-42-26-37(33(6)24-41(42)52-45(39(47)27-48-8)51-40-12-9-10-13-43(40)62(59,60)31(3)4)35-18-22-53(23-19-35)21-11-20-49-36-16-14-32(5)38(25-36)46(58)54(29-56)34(7)15-17-44(57)50-28-55/h9-10,12-14,16,24-31,34-35,49H,8,11,15,17-23H2,1-7H3,(H,51,52)(H,50,55,57)/b39-27+. The summed E-state index contributed by atoms with van der Waals surface area (Å²) in [6.45, 7) is 19.7. The molecule has 1 aliphatic rings. The van der Waals surface area contributed by atoms with Crippen molar-refractivity contribution in [1.82, 2.24) is 15.1 Å². The Morgan fingerprint density at radius 2 is 1.73 bits per heavy atom. The Balaban J connectivity index is 1.41. The van der Waals surface area contributed by atoms with Crippen LogP contribution in [0.25, 0.3) is 0 Å². The zero-order chi connectivity index (χ0) is 45.6. The van der Waals surface area contributed by atoms with Crippen molar-refractivity contribution in [2.75, 3.05) is 36.8 Å². The predicted octanol–water partition coefficient (Wildman–Crippen LogP) is 7.92. The summed E-state index contributed by atoms with van der Waals surface area (Å²) in [6.07, 6.45) is 5.04. The number of nitrogens with zero attached hydrogens (tertiary/aromatic N) is 4. The van der Waals surface area contributed by atoms with Crippen LogP contribution in [0, 0.1) is 13.8 Å². The van der Waals surface area contributed by atoms with Crippen LogP contribution in [-0.2, 0) is 24.2 Å². The van der Waals surface area contributed by atoms with Crippen molar-refractivity contribution < 1.29 is 32.3 Å².